The normalized spacial score (nSPS) is 7.64. The molecule has 0 aliphatic rings. The maximum Gasteiger partial charge on any atom is 0.100 e. The summed E-state index contributed by atoms with van der Waals surface area (Å²) >= 11 is 2.98. The van der Waals surface area contributed by atoms with Crippen molar-refractivity contribution in [1.29, 1.82) is 5.26 Å². The number of nitriles is 1. The van der Waals surface area contributed by atoms with E-state index in [0.29, 0.717) is 5.56 Å². The molecule has 1 aromatic carbocycles. The van der Waals surface area contributed by atoms with Crippen LogP contribution in [0, 0.1) is 22.1 Å². The van der Waals surface area contributed by atoms with Gasteiger partial charge in [-0.25, -0.2) is 0 Å². The van der Waals surface area contributed by atoms with Gasteiger partial charge in [0.1, 0.15) is 6.07 Å². The predicted molar refractivity (Wildman–Crippen MR) is 47.0 cm³/mol. The van der Waals surface area contributed by atoms with E-state index >= 15 is 0 Å². The van der Waals surface area contributed by atoms with Gasteiger partial charge in [0.25, 0.3) is 0 Å². The van der Waals surface area contributed by atoms with Crippen LogP contribution in [0.1, 0.15) is 11.1 Å². The van der Waals surface area contributed by atoms with Crippen LogP contribution in [0.25, 0.3) is 0 Å². The van der Waals surface area contributed by atoms with Crippen LogP contribution in [0.3, 0.4) is 0 Å². The molecule has 0 saturated heterocycles. The van der Waals surface area contributed by atoms with Crippen molar-refractivity contribution in [3.8, 4) is 16.8 Å². The highest BCUT2D eigenvalue weighted by atomic mass is 79.9. The fourth-order valence-electron chi connectivity index (χ4n) is 0.741. The molecule has 11 heavy (non-hydrogen) atoms. The molecule has 1 rings (SSSR count). The Morgan fingerprint density at radius 1 is 1.18 bits per heavy atom. The summed E-state index contributed by atoms with van der Waals surface area (Å²) in [5.41, 5.74) is 1.37. The molecule has 0 unspecified atom stereocenters. The van der Waals surface area contributed by atoms with Crippen LogP contribution in [0.2, 0.25) is 0 Å². The van der Waals surface area contributed by atoms with Crippen LogP contribution in [-0.2, 0) is 0 Å². The van der Waals surface area contributed by atoms with Crippen molar-refractivity contribution < 1.29 is 0 Å². The topological polar surface area (TPSA) is 23.8 Å². The molecule has 0 radical (unpaired) electrons. The second-order valence-corrected chi connectivity index (χ2v) is 2.27. The van der Waals surface area contributed by atoms with Gasteiger partial charge in [-0.3, -0.25) is 0 Å². The molecule has 0 aliphatic carbocycles. The van der Waals surface area contributed by atoms with Gasteiger partial charge >= 0.3 is 0 Å². The Morgan fingerprint density at radius 3 is 2.36 bits per heavy atom. The van der Waals surface area contributed by atoms with Gasteiger partial charge in [-0.15, -0.1) is 0 Å². The Bertz CT molecular complexity index is 352. The van der Waals surface area contributed by atoms with E-state index in [9.17, 15) is 0 Å². The minimum atomic E-state index is 0.611. The van der Waals surface area contributed by atoms with Gasteiger partial charge in [0, 0.05) is 21.5 Å². The molecule has 0 atom stereocenters. The molecule has 0 N–H and O–H groups in total. The van der Waals surface area contributed by atoms with Crippen molar-refractivity contribution in [2.45, 2.75) is 0 Å². The molecule has 52 valence electrons. The molecule has 1 nitrogen and oxygen atoms in total. The van der Waals surface area contributed by atoms with E-state index in [2.05, 4.69) is 32.7 Å². The molecule has 0 fully saturated rings. The first kappa shape index (κ1) is 7.85. The number of hydrogen-bond donors (Lipinski definition) is 0. The van der Waals surface area contributed by atoms with E-state index in [0.717, 1.165) is 5.56 Å². The summed E-state index contributed by atoms with van der Waals surface area (Å²) < 4.78 is 0. The Balaban J connectivity index is 3.22. The zero-order valence-electron chi connectivity index (χ0n) is 5.63. The average Bonchev–Trinajstić information content (AvgIpc) is 2.06. The third-order valence-electron chi connectivity index (χ3n) is 1.23. The highest BCUT2D eigenvalue weighted by Crippen LogP contribution is 2.04. The fourth-order valence-corrected chi connectivity index (χ4v) is 0.954. The maximum atomic E-state index is 8.61. The molecule has 1 aromatic rings. The smallest absolute Gasteiger partial charge is 0.100 e. The lowest BCUT2D eigenvalue weighted by molar-refractivity contribution is 1.47. The van der Waals surface area contributed by atoms with Crippen molar-refractivity contribution in [1.82, 2.24) is 0 Å². The van der Waals surface area contributed by atoms with Crippen molar-refractivity contribution in [3.63, 3.8) is 0 Å². The summed E-state index contributed by atoms with van der Waals surface area (Å²) in [7, 11) is 0. The van der Waals surface area contributed by atoms with Crippen LogP contribution in [0.5, 0.6) is 0 Å². The highest BCUT2D eigenvalue weighted by Gasteiger charge is 1.94. The van der Waals surface area contributed by atoms with Crippen molar-refractivity contribution in [2.75, 3.05) is 0 Å². The van der Waals surface area contributed by atoms with Gasteiger partial charge < -0.3 is 0 Å². The first-order valence-electron chi connectivity index (χ1n) is 2.99. The largest absolute Gasteiger partial charge is 0.192 e. The first-order valence-corrected chi connectivity index (χ1v) is 3.78. The first-order chi connectivity index (χ1) is 5.38. The predicted octanol–water partition coefficient (Wildman–Crippen LogP) is 2.26. The average molecular weight is 206 g/mol. The van der Waals surface area contributed by atoms with Crippen LogP contribution in [0.4, 0.5) is 0 Å². The van der Waals surface area contributed by atoms with Gasteiger partial charge in [0.05, 0.1) is 5.56 Å². The summed E-state index contributed by atoms with van der Waals surface area (Å²) in [5, 5.41) is 8.61. The van der Waals surface area contributed by atoms with E-state index in [1.807, 2.05) is 18.2 Å². The molecule has 0 spiro atoms. The third-order valence-corrected chi connectivity index (χ3v) is 1.43. The van der Waals surface area contributed by atoms with Crippen LogP contribution >= 0.6 is 15.9 Å². The zero-order chi connectivity index (χ0) is 8.10. The van der Waals surface area contributed by atoms with Crippen molar-refractivity contribution >= 4 is 15.9 Å². The Hall–Kier alpha value is -1.25. The molecule has 0 aromatic heterocycles. The van der Waals surface area contributed by atoms with E-state index in [1.54, 1.807) is 6.07 Å². The monoisotopic (exact) mass is 205 g/mol. The highest BCUT2D eigenvalue weighted by molar-refractivity contribution is 9.12. The lowest BCUT2D eigenvalue weighted by atomic mass is 10.1. The van der Waals surface area contributed by atoms with E-state index in [4.69, 9.17) is 5.26 Å². The van der Waals surface area contributed by atoms with Gasteiger partial charge in [0.15, 0.2) is 0 Å². The second-order valence-electron chi connectivity index (χ2n) is 1.88. The zero-order valence-corrected chi connectivity index (χ0v) is 7.22. The van der Waals surface area contributed by atoms with Gasteiger partial charge in [0.2, 0.25) is 0 Å². The second kappa shape index (κ2) is 3.81. The fraction of sp³-hybridized carbons (Fsp3) is 0. The third kappa shape index (κ3) is 1.83. The Kier molecular flexibility index (Phi) is 2.72. The molecule has 0 amide bonds. The molecule has 0 saturated carbocycles. The SMILES string of the molecule is N#Cc1ccccc1C#CBr. The van der Waals surface area contributed by atoms with E-state index in [1.165, 1.54) is 0 Å². The molecule has 0 bridgehead atoms. The van der Waals surface area contributed by atoms with Crippen LogP contribution in [-0.4, -0.2) is 0 Å². The molecular formula is C9H4BrN. The summed E-state index contributed by atoms with van der Waals surface area (Å²) in [6, 6.07) is 9.28. The van der Waals surface area contributed by atoms with E-state index < -0.39 is 0 Å². The van der Waals surface area contributed by atoms with Crippen LogP contribution in [0.15, 0.2) is 24.3 Å². The maximum absolute atomic E-state index is 8.61. The van der Waals surface area contributed by atoms with Gasteiger partial charge in [-0.2, -0.15) is 5.26 Å². The number of benzene rings is 1. The van der Waals surface area contributed by atoms with Crippen LogP contribution < -0.4 is 0 Å². The van der Waals surface area contributed by atoms with Gasteiger partial charge in [-0.05, 0) is 17.0 Å². The minimum Gasteiger partial charge on any atom is -0.192 e. The van der Waals surface area contributed by atoms with Crippen molar-refractivity contribution in [2.24, 2.45) is 0 Å². The summed E-state index contributed by atoms with van der Waals surface area (Å²) in [6.45, 7) is 0. The molecule has 0 heterocycles. The minimum absolute atomic E-state index is 0.611. The molecule has 0 aliphatic heterocycles. The summed E-state index contributed by atoms with van der Waals surface area (Å²) in [5.74, 6) is 2.77. The van der Waals surface area contributed by atoms with Gasteiger partial charge in [-0.1, -0.05) is 18.1 Å². The molecule has 2 heteroatoms. The summed E-state index contributed by atoms with van der Waals surface area (Å²) in [4.78, 5) is 2.57. The number of rotatable bonds is 0. The van der Waals surface area contributed by atoms with E-state index in [-0.39, 0.29) is 0 Å². The molecular weight excluding hydrogens is 202 g/mol. The quantitative estimate of drug-likeness (QED) is 0.597. The summed E-state index contributed by atoms with van der Waals surface area (Å²) in [6.07, 6.45) is 0. The van der Waals surface area contributed by atoms with Crippen molar-refractivity contribution in [3.05, 3.63) is 35.4 Å². The lowest BCUT2D eigenvalue weighted by Crippen LogP contribution is -1.80. The number of hydrogen-bond acceptors (Lipinski definition) is 1. The number of halogens is 1. The lowest BCUT2D eigenvalue weighted by Gasteiger charge is -1.90. The standard InChI is InChI=1S/C9H4BrN/c10-6-5-8-3-1-2-4-9(8)7-11/h1-4H. The number of nitrogens with zero attached hydrogens (tertiary/aromatic N) is 1. The Labute approximate surface area is 73.8 Å². The Morgan fingerprint density at radius 2 is 1.82 bits per heavy atom.